The second-order valence-electron chi connectivity index (χ2n) is 5.84. The van der Waals surface area contributed by atoms with Gasteiger partial charge in [0, 0.05) is 13.1 Å². The summed E-state index contributed by atoms with van der Waals surface area (Å²) in [4.78, 5) is 25.1. The summed E-state index contributed by atoms with van der Waals surface area (Å²) in [5.41, 5.74) is 0.559. The number of anilines is 1. The smallest absolute Gasteiger partial charge is 0.325 e. The summed E-state index contributed by atoms with van der Waals surface area (Å²) in [5.74, 6) is -0.682. The number of rotatable bonds is 7. The van der Waals surface area contributed by atoms with Gasteiger partial charge in [-0.15, -0.1) is 10.2 Å². The van der Waals surface area contributed by atoms with Crippen molar-refractivity contribution >= 4 is 29.6 Å². The number of thioether (sulfide) groups is 1. The van der Waals surface area contributed by atoms with Crippen LogP contribution in [-0.2, 0) is 19.1 Å². The molecule has 0 saturated carbocycles. The van der Waals surface area contributed by atoms with Crippen LogP contribution in [0, 0.1) is 5.82 Å². The van der Waals surface area contributed by atoms with Crippen LogP contribution in [-0.4, -0.2) is 72.4 Å². The van der Waals surface area contributed by atoms with Gasteiger partial charge in [0.2, 0.25) is 11.9 Å². The molecule has 1 aromatic heterocycles. The number of hydrogen-bond donors (Lipinski definition) is 1. The van der Waals surface area contributed by atoms with Crippen molar-refractivity contribution in [2.45, 2.75) is 5.16 Å². The first-order valence-corrected chi connectivity index (χ1v) is 9.57. The SMILES string of the molecule is COC(=O)CNC(=O)CSc1nnc(N2CCOCC2)n1-c1cccc(F)c1. The number of esters is 1. The van der Waals surface area contributed by atoms with Gasteiger partial charge in [0.1, 0.15) is 12.4 Å². The zero-order chi connectivity index (χ0) is 19.9. The lowest BCUT2D eigenvalue weighted by Crippen LogP contribution is -2.38. The number of benzene rings is 1. The third-order valence-corrected chi connectivity index (χ3v) is 4.90. The van der Waals surface area contributed by atoms with Crippen molar-refractivity contribution in [3.05, 3.63) is 30.1 Å². The van der Waals surface area contributed by atoms with E-state index >= 15 is 0 Å². The quantitative estimate of drug-likeness (QED) is 0.525. The molecule has 28 heavy (non-hydrogen) atoms. The maximum absolute atomic E-state index is 13.8. The summed E-state index contributed by atoms with van der Waals surface area (Å²) in [6.45, 7) is 2.20. The van der Waals surface area contributed by atoms with Crippen molar-refractivity contribution < 1.29 is 23.5 Å². The Balaban J connectivity index is 1.79. The molecule has 1 N–H and O–H groups in total. The normalized spacial score (nSPS) is 14.0. The molecule has 2 heterocycles. The van der Waals surface area contributed by atoms with Crippen molar-refractivity contribution in [1.82, 2.24) is 20.1 Å². The van der Waals surface area contributed by atoms with Gasteiger partial charge in [0.25, 0.3) is 0 Å². The maximum atomic E-state index is 13.8. The molecule has 1 aliphatic heterocycles. The van der Waals surface area contributed by atoms with Crippen LogP contribution in [0.3, 0.4) is 0 Å². The van der Waals surface area contributed by atoms with Crippen LogP contribution in [0.4, 0.5) is 10.3 Å². The zero-order valence-corrected chi connectivity index (χ0v) is 16.1. The number of nitrogens with zero attached hydrogens (tertiary/aromatic N) is 4. The fourth-order valence-corrected chi connectivity index (χ4v) is 3.37. The van der Waals surface area contributed by atoms with Gasteiger partial charge in [-0.3, -0.25) is 14.2 Å². The first-order chi connectivity index (χ1) is 13.6. The van der Waals surface area contributed by atoms with E-state index in [-0.39, 0.29) is 24.0 Å². The number of nitrogens with one attached hydrogen (secondary N) is 1. The Kier molecular flexibility index (Phi) is 6.82. The van der Waals surface area contributed by atoms with Gasteiger partial charge in [0.15, 0.2) is 5.16 Å². The van der Waals surface area contributed by atoms with Crippen LogP contribution in [0.15, 0.2) is 29.4 Å². The van der Waals surface area contributed by atoms with Crippen molar-refractivity contribution in [2.75, 3.05) is 50.6 Å². The Labute approximate surface area is 165 Å². The number of carbonyl (C=O) groups excluding carboxylic acids is 2. The molecule has 1 amide bonds. The Morgan fingerprint density at radius 3 is 2.82 bits per heavy atom. The number of morpholine rings is 1. The van der Waals surface area contributed by atoms with E-state index in [0.29, 0.717) is 43.1 Å². The lowest BCUT2D eigenvalue weighted by molar-refractivity contribution is -0.140. The van der Waals surface area contributed by atoms with Crippen molar-refractivity contribution in [2.24, 2.45) is 0 Å². The average Bonchev–Trinajstić information content (AvgIpc) is 3.15. The summed E-state index contributed by atoms with van der Waals surface area (Å²) in [7, 11) is 1.25. The van der Waals surface area contributed by atoms with Crippen molar-refractivity contribution in [3.8, 4) is 5.69 Å². The highest BCUT2D eigenvalue weighted by Gasteiger charge is 2.22. The minimum Gasteiger partial charge on any atom is -0.468 e. The third kappa shape index (κ3) is 4.98. The van der Waals surface area contributed by atoms with Gasteiger partial charge in [-0.2, -0.15) is 0 Å². The molecule has 11 heteroatoms. The van der Waals surface area contributed by atoms with E-state index in [0.717, 1.165) is 11.8 Å². The Morgan fingerprint density at radius 1 is 1.32 bits per heavy atom. The molecule has 0 aliphatic carbocycles. The fourth-order valence-electron chi connectivity index (χ4n) is 2.59. The Morgan fingerprint density at radius 2 is 2.11 bits per heavy atom. The van der Waals surface area contributed by atoms with Crippen LogP contribution in [0.1, 0.15) is 0 Å². The van der Waals surface area contributed by atoms with Gasteiger partial charge < -0.3 is 19.7 Å². The molecule has 1 aliphatic rings. The van der Waals surface area contributed by atoms with Gasteiger partial charge in [-0.25, -0.2) is 4.39 Å². The largest absolute Gasteiger partial charge is 0.468 e. The zero-order valence-electron chi connectivity index (χ0n) is 15.3. The van der Waals surface area contributed by atoms with E-state index < -0.39 is 5.97 Å². The number of hydrogen-bond acceptors (Lipinski definition) is 8. The van der Waals surface area contributed by atoms with Crippen molar-refractivity contribution in [1.29, 1.82) is 0 Å². The summed E-state index contributed by atoms with van der Waals surface area (Å²) < 4.78 is 25.4. The minimum atomic E-state index is -0.532. The van der Waals surface area contributed by atoms with Gasteiger partial charge in [-0.05, 0) is 18.2 Å². The van der Waals surface area contributed by atoms with Crippen LogP contribution >= 0.6 is 11.8 Å². The average molecular weight is 409 g/mol. The van der Waals surface area contributed by atoms with Gasteiger partial charge >= 0.3 is 5.97 Å². The molecule has 1 saturated heterocycles. The number of ether oxygens (including phenoxy) is 2. The molecule has 0 spiro atoms. The van der Waals surface area contributed by atoms with Gasteiger partial charge in [-0.1, -0.05) is 17.8 Å². The number of carbonyl (C=O) groups is 2. The second-order valence-corrected chi connectivity index (χ2v) is 6.78. The number of amides is 1. The minimum absolute atomic E-state index is 0.0214. The molecule has 9 nitrogen and oxygen atoms in total. The van der Waals surface area contributed by atoms with Crippen LogP contribution < -0.4 is 10.2 Å². The lowest BCUT2D eigenvalue weighted by atomic mass is 10.3. The van der Waals surface area contributed by atoms with E-state index in [4.69, 9.17) is 4.74 Å². The lowest BCUT2D eigenvalue weighted by Gasteiger charge is -2.27. The topological polar surface area (TPSA) is 98.6 Å². The highest BCUT2D eigenvalue weighted by Crippen LogP contribution is 2.27. The molecule has 0 unspecified atom stereocenters. The molecule has 2 aromatic rings. The first-order valence-electron chi connectivity index (χ1n) is 8.59. The highest BCUT2D eigenvalue weighted by atomic mass is 32.2. The van der Waals surface area contributed by atoms with Gasteiger partial charge in [0.05, 0.1) is 31.8 Å². The second kappa shape index (κ2) is 9.51. The predicted molar refractivity (Wildman–Crippen MR) is 100 cm³/mol. The first kappa shape index (κ1) is 20.1. The molecule has 1 aromatic carbocycles. The van der Waals surface area contributed by atoms with E-state index in [9.17, 15) is 14.0 Å². The number of aromatic nitrogens is 3. The fraction of sp³-hybridized carbons (Fsp3) is 0.412. The maximum Gasteiger partial charge on any atom is 0.325 e. The molecule has 1 fully saturated rings. The van der Waals surface area contributed by atoms with Crippen LogP contribution in [0.5, 0.6) is 0 Å². The summed E-state index contributed by atoms with van der Waals surface area (Å²) in [5, 5.41) is 11.3. The summed E-state index contributed by atoms with van der Waals surface area (Å²) in [6, 6.07) is 6.09. The Bertz CT molecular complexity index is 841. The number of halogens is 1. The monoisotopic (exact) mass is 409 g/mol. The summed E-state index contributed by atoms with van der Waals surface area (Å²) >= 11 is 1.14. The molecule has 0 bridgehead atoms. The highest BCUT2D eigenvalue weighted by molar-refractivity contribution is 7.99. The molecule has 3 rings (SSSR count). The Hall–Kier alpha value is -2.66. The molecular formula is C17H20FN5O4S. The van der Waals surface area contributed by atoms with E-state index in [1.54, 1.807) is 16.7 Å². The van der Waals surface area contributed by atoms with Crippen LogP contribution in [0.2, 0.25) is 0 Å². The van der Waals surface area contributed by atoms with E-state index in [1.807, 2.05) is 4.90 Å². The molecule has 0 atom stereocenters. The molecular weight excluding hydrogens is 389 g/mol. The third-order valence-electron chi connectivity index (χ3n) is 3.97. The van der Waals surface area contributed by atoms with E-state index in [2.05, 4.69) is 20.3 Å². The molecule has 150 valence electrons. The predicted octanol–water partition coefficient (Wildman–Crippen LogP) is 0.624. The van der Waals surface area contributed by atoms with Crippen LogP contribution in [0.25, 0.3) is 5.69 Å². The van der Waals surface area contributed by atoms with Crippen molar-refractivity contribution in [3.63, 3.8) is 0 Å². The summed E-state index contributed by atoms with van der Waals surface area (Å²) in [6.07, 6.45) is 0. The van der Waals surface area contributed by atoms with E-state index in [1.165, 1.54) is 19.2 Å². The standard InChI is InChI=1S/C17H20FN5O4S/c1-26-15(25)10-19-14(24)11-28-17-21-20-16(22-5-7-27-8-6-22)23(17)13-4-2-3-12(18)9-13/h2-4,9H,5-8,10-11H2,1H3,(H,19,24). The molecule has 0 radical (unpaired) electrons. The number of methoxy groups -OCH3 is 1.